The molecule has 1 heterocycles. The highest BCUT2D eigenvalue weighted by atomic mass is 32.2. The average molecular weight is 445 g/mol. The van der Waals surface area contributed by atoms with E-state index in [1.54, 1.807) is 11.0 Å². The van der Waals surface area contributed by atoms with Gasteiger partial charge in [-0.25, -0.2) is 13.1 Å². The third-order valence-corrected chi connectivity index (χ3v) is 7.57. The summed E-state index contributed by atoms with van der Waals surface area (Å²) in [5.41, 5.74) is 4.54. The van der Waals surface area contributed by atoms with Gasteiger partial charge in [0.1, 0.15) is 5.75 Å². The number of rotatable bonds is 6. The van der Waals surface area contributed by atoms with Gasteiger partial charge in [0, 0.05) is 19.1 Å². The number of hydrogen-bond acceptors (Lipinski definition) is 4. The summed E-state index contributed by atoms with van der Waals surface area (Å²) in [5.74, 6) is 0.194. The number of methoxy groups -OCH3 is 1. The molecule has 2 aromatic rings. The molecule has 1 fully saturated rings. The van der Waals surface area contributed by atoms with Crippen LogP contribution in [-0.2, 0) is 10.0 Å². The number of sulfonamides is 1. The molecule has 0 aliphatic carbocycles. The van der Waals surface area contributed by atoms with Crippen LogP contribution in [0.2, 0.25) is 0 Å². The van der Waals surface area contributed by atoms with E-state index < -0.39 is 16.1 Å². The number of amides is 1. The SMILES string of the molecule is COc1ccc(S(=O)(=O)N[C@H](C)c2cc(C)c(C)cc2C)cc1C(=O)N1CCCCC1. The van der Waals surface area contributed by atoms with Gasteiger partial charge in [0.25, 0.3) is 5.91 Å². The van der Waals surface area contributed by atoms with Gasteiger partial charge in [-0.15, -0.1) is 0 Å². The van der Waals surface area contributed by atoms with Crippen LogP contribution in [0, 0.1) is 20.8 Å². The molecule has 0 radical (unpaired) electrons. The minimum absolute atomic E-state index is 0.0574. The molecule has 1 amide bonds. The van der Waals surface area contributed by atoms with Crippen LogP contribution in [0.25, 0.3) is 0 Å². The average Bonchev–Trinajstić information content (AvgIpc) is 2.75. The molecule has 31 heavy (non-hydrogen) atoms. The van der Waals surface area contributed by atoms with Gasteiger partial charge in [-0.2, -0.15) is 0 Å². The molecule has 1 atom stereocenters. The lowest BCUT2D eigenvalue weighted by Gasteiger charge is -2.27. The second-order valence-corrected chi connectivity index (χ2v) is 10.1. The van der Waals surface area contributed by atoms with Crippen LogP contribution in [0.3, 0.4) is 0 Å². The Labute approximate surface area is 185 Å². The van der Waals surface area contributed by atoms with E-state index in [9.17, 15) is 13.2 Å². The second kappa shape index (κ2) is 9.40. The Hall–Kier alpha value is -2.38. The molecule has 1 N–H and O–H groups in total. The number of carbonyl (C=O) groups excluding carboxylic acids is 1. The Morgan fingerprint density at radius 3 is 2.29 bits per heavy atom. The van der Waals surface area contributed by atoms with Crippen molar-refractivity contribution in [1.82, 2.24) is 9.62 Å². The van der Waals surface area contributed by atoms with Crippen molar-refractivity contribution in [2.75, 3.05) is 20.2 Å². The molecule has 3 rings (SSSR count). The van der Waals surface area contributed by atoms with Crippen LogP contribution in [0.1, 0.15) is 64.8 Å². The van der Waals surface area contributed by atoms with Gasteiger partial charge in [-0.3, -0.25) is 4.79 Å². The Balaban J connectivity index is 1.90. The van der Waals surface area contributed by atoms with Gasteiger partial charge >= 0.3 is 0 Å². The quantitative estimate of drug-likeness (QED) is 0.721. The fraction of sp³-hybridized carbons (Fsp3) is 0.458. The summed E-state index contributed by atoms with van der Waals surface area (Å²) >= 11 is 0. The van der Waals surface area contributed by atoms with E-state index in [4.69, 9.17) is 4.74 Å². The maximum absolute atomic E-state index is 13.2. The Bertz CT molecular complexity index is 1070. The third kappa shape index (κ3) is 5.10. The molecule has 168 valence electrons. The monoisotopic (exact) mass is 444 g/mol. The van der Waals surface area contributed by atoms with Gasteiger partial charge in [0.05, 0.1) is 17.6 Å². The predicted octanol–water partition coefficient (Wildman–Crippen LogP) is 4.29. The summed E-state index contributed by atoms with van der Waals surface area (Å²) in [6.45, 7) is 9.23. The van der Waals surface area contributed by atoms with Crippen LogP contribution < -0.4 is 9.46 Å². The number of nitrogens with zero attached hydrogens (tertiary/aromatic N) is 1. The summed E-state index contributed by atoms with van der Waals surface area (Å²) in [5, 5.41) is 0. The lowest BCUT2D eigenvalue weighted by atomic mass is 9.97. The lowest BCUT2D eigenvalue weighted by Crippen LogP contribution is -2.36. The largest absolute Gasteiger partial charge is 0.496 e. The maximum atomic E-state index is 13.2. The minimum Gasteiger partial charge on any atom is -0.496 e. The molecular weight excluding hydrogens is 412 g/mol. The molecule has 0 bridgehead atoms. The zero-order chi connectivity index (χ0) is 22.8. The Morgan fingerprint density at radius 2 is 1.65 bits per heavy atom. The molecule has 0 aromatic heterocycles. The first-order valence-corrected chi connectivity index (χ1v) is 12.2. The first kappa shape index (κ1) is 23.3. The van der Waals surface area contributed by atoms with E-state index in [0.717, 1.165) is 36.0 Å². The van der Waals surface area contributed by atoms with Crippen molar-refractivity contribution in [3.8, 4) is 5.75 Å². The first-order chi connectivity index (χ1) is 14.6. The highest BCUT2D eigenvalue weighted by Gasteiger charge is 2.26. The van der Waals surface area contributed by atoms with Gasteiger partial charge in [-0.05, 0) is 87.4 Å². The standard InChI is InChI=1S/C24H32N2O4S/c1-16-13-18(3)21(14-17(16)2)19(4)25-31(28,29)20-9-10-23(30-5)22(15-20)24(27)26-11-7-6-8-12-26/h9-10,13-15,19,25H,6-8,11-12H2,1-5H3/t19-/m1/s1. The minimum atomic E-state index is -3.84. The van der Waals surface area contributed by atoms with Crippen LogP contribution >= 0.6 is 0 Å². The molecule has 6 nitrogen and oxygen atoms in total. The molecule has 0 saturated carbocycles. The summed E-state index contributed by atoms with van der Waals surface area (Å²) in [6.07, 6.45) is 3.02. The number of ether oxygens (including phenoxy) is 1. The molecular formula is C24H32N2O4S. The highest BCUT2D eigenvalue weighted by molar-refractivity contribution is 7.89. The second-order valence-electron chi connectivity index (χ2n) is 8.35. The topological polar surface area (TPSA) is 75.7 Å². The van der Waals surface area contributed by atoms with Crippen LogP contribution in [0.15, 0.2) is 35.2 Å². The fourth-order valence-electron chi connectivity index (χ4n) is 4.10. The fourth-order valence-corrected chi connectivity index (χ4v) is 5.35. The summed E-state index contributed by atoms with van der Waals surface area (Å²) in [6, 6.07) is 8.15. The number of nitrogens with one attached hydrogen (secondary N) is 1. The summed E-state index contributed by atoms with van der Waals surface area (Å²) < 4.78 is 34.4. The number of piperidine rings is 1. The van der Waals surface area contributed by atoms with Crippen LogP contribution in [0.5, 0.6) is 5.75 Å². The molecule has 1 aliphatic heterocycles. The first-order valence-electron chi connectivity index (χ1n) is 10.7. The summed E-state index contributed by atoms with van der Waals surface area (Å²) in [4.78, 5) is 14.9. The summed E-state index contributed by atoms with van der Waals surface area (Å²) in [7, 11) is -2.35. The van der Waals surface area contributed by atoms with E-state index in [-0.39, 0.29) is 16.4 Å². The molecule has 1 aliphatic rings. The molecule has 7 heteroatoms. The van der Waals surface area contributed by atoms with Crippen molar-refractivity contribution in [1.29, 1.82) is 0 Å². The maximum Gasteiger partial charge on any atom is 0.257 e. The Morgan fingerprint density at radius 1 is 1.00 bits per heavy atom. The van der Waals surface area contributed by atoms with Crippen molar-refractivity contribution in [2.45, 2.75) is 57.9 Å². The lowest BCUT2D eigenvalue weighted by molar-refractivity contribution is 0.0720. The van der Waals surface area contributed by atoms with E-state index in [0.29, 0.717) is 18.8 Å². The van der Waals surface area contributed by atoms with Gasteiger partial charge < -0.3 is 9.64 Å². The van der Waals surface area contributed by atoms with Crippen molar-refractivity contribution < 1.29 is 17.9 Å². The Kier molecular flexibility index (Phi) is 7.06. The van der Waals surface area contributed by atoms with Crippen molar-refractivity contribution in [3.63, 3.8) is 0 Å². The number of aryl methyl sites for hydroxylation is 3. The highest BCUT2D eigenvalue weighted by Crippen LogP contribution is 2.27. The van der Waals surface area contributed by atoms with E-state index in [1.165, 1.54) is 24.8 Å². The molecule has 0 spiro atoms. The van der Waals surface area contributed by atoms with E-state index in [2.05, 4.69) is 10.8 Å². The van der Waals surface area contributed by atoms with Crippen LogP contribution in [0.4, 0.5) is 0 Å². The van der Waals surface area contributed by atoms with E-state index in [1.807, 2.05) is 33.8 Å². The molecule has 1 saturated heterocycles. The number of benzene rings is 2. The third-order valence-electron chi connectivity index (χ3n) is 6.04. The zero-order valence-corrected chi connectivity index (χ0v) is 19.8. The zero-order valence-electron chi connectivity index (χ0n) is 19.0. The van der Waals surface area contributed by atoms with Gasteiger partial charge in [0.2, 0.25) is 10.0 Å². The van der Waals surface area contributed by atoms with Gasteiger partial charge in [-0.1, -0.05) is 12.1 Å². The molecule has 0 unspecified atom stereocenters. The smallest absolute Gasteiger partial charge is 0.257 e. The normalized spacial score (nSPS) is 15.6. The van der Waals surface area contributed by atoms with Gasteiger partial charge in [0.15, 0.2) is 0 Å². The van der Waals surface area contributed by atoms with E-state index >= 15 is 0 Å². The van der Waals surface area contributed by atoms with Crippen molar-refractivity contribution in [2.24, 2.45) is 0 Å². The number of hydrogen-bond donors (Lipinski definition) is 1. The number of likely N-dealkylation sites (tertiary alicyclic amines) is 1. The van der Waals surface area contributed by atoms with Crippen molar-refractivity contribution in [3.05, 3.63) is 58.1 Å². The predicted molar refractivity (Wildman–Crippen MR) is 122 cm³/mol. The molecule has 2 aromatic carbocycles. The van der Waals surface area contributed by atoms with Crippen LogP contribution in [-0.4, -0.2) is 39.4 Å². The number of carbonyl (C=O) groups is 1. The van der Waals surface area contributed by atoms with Crippen molar-refractivity contribution >= 4 is 15.9 Å².